The van der Waals surface area contributed by atoms with Crippen LogP contribution in [-0.4, -0.2) is 34.8 Å². The summed E-state index contributed by atoms with van der Waals surface area (Å²) in [6, 6.07) is 7.50. The van der Waals surface area contributed by atoms with E-state index < -0.39 is 6.10 Å². The van der Waals surface area contributed by atoms with Gasteiger partial charge in [0.15, 0.2) is 0 Å². The lowest BCUT2D eigenvalue weighted by Gasteiger charge is -2.20. The smallest absolute Gasteiger partial charge is 0.315 e. The van der Waals surface area contributed by atoms with Crippen LogP contribution in [0.5, 0.6) is 0 Å². The topological polar surface area (TPSA) is 61.4 Å². The van der Waals surface area contributed by atoms with Gasteiger partial charge < -0.3 is 15.7 Å². The Morgan fingerprint density at radius 1 is 1.48 bits per heavy atom. The maximum absolute atomic E-state index is 12.1. The number of amides is 2. The van der Waals surface area contributed by atoms with E-state index >= 15 is 0 Å². The molecule has 2 rings (SSSR count). The molecule has 3 atom stereocenters. The zero-order chi connectivity index (χ0) is 15.2. The number of aliphatic hydroxyl groups excluding tert-OH is 1. The fraction of sp³-hybridized carbons (Fsp3) is 0.562. The van der Waals surface area contributed by atoms with E-state index in [9.17, 15) is 9.90 Å². The number of rotatable bonds is 6. The van der Waals surface area contributed by atoms with Crippen molar-refractivity contribution in [2.24, 2.45) is 0 Å². The normalized spacial score (nSPS) is 21.7. The number of hydrogen-bond acceptors (Lipinski definition) is 3. The molecular weight excluding hydrogens is 284 g/mol. The van der Waals surface area contributed by atoms with Crippen LogP contribution in [-0.2, 0) is 6.42 Å². The molecule has 0 heterocycles. The maximum Gasteiger partial charge on any atom is 0.315 e. The van der Waals surface area contributed by atoms with Gasteiger partial charge in [0.05, 0.1) is 12.1 Å². The van der Waals surface area contributed by atoms with Gasteiger partial charge in [-0.3, -0.25) is 0 Å². The lowest BCUT2D eigenvalue weighted by molar-refractivity contribution is 0.142. The zero-order valence-corrected chi connectivity index (χ0v) is 13.5. The lowest BCUT2D eigenvalue weighted by Crippen LogP contribution is -2.44. The number of urea groups is 1. The number of thioether (sulfide) groups is 1. The highest BCUT2D eigenvalue weighted by atomic mass is 32.2. The fourth-order valence-electron chi connectivity index (χ4n) is 2.63. The van der Waals surface area contributed by atoms with Crippen LogP contribution in [0.1, 0.15) is 37.4 Å². The summed E-state index contributed by atoms with van der Waals surface area (Å²) in [5, 5.41) is 16.0. The van der Waals surface area contributed by atoms with Crippen molar-refractivity contribution in [3.63, 3.8) is 0 Å². The highest BCUT2D eigenvalue weighted by molar-refractivity contribution is 7.99. The van der Waals surface area contributed by atoms with Gasteiger partial charge in [0.25, 0.3) is 0 Å². The molecule has 5 heteroatoms. The van der Waals surface area contributed by atoms with Gasteiger partial charge in [0, 0.05) is 12.5 Å². The third-order valence-electron chi connectivity index (χ3n) is 3.77. The SMILES string of the molecule is CCSCCC(C)NC(=O)NC1c2ccccc2CC1O. The van der Waals surface area contributed by atoms with Gasteiger partial charge in [-0.25, -0.2) is 4.79 Å². The van der Waals surface area contributed by atoms with E-state index in [0.717, 1.165) is 29.1 Å². The second-order valence-electron chi connectivity index (χ2n) is 5.45. The standard InChI is InChI=1S/C16H24N2O2S/c1-3-21-9-8-11(2)17-16(20)18-15-13-7-5-4-6-12(13)10-14(15)19/h4-7,11,14-15,19H,3,8-10H2,1-2H3,(H2,17,18,20). The summed E-state index contributed by atoms with van der Waals surface area (Å²) in [7, 11) is 0. The number of aliphatic hydroxyl groups is 1. The Bertz CT molecular complexity index is 481. The zero-order valence-electron chi connectivity index (χ0n) is 12.6. The Hall–Kier alpha value is -1.20. The molecule has 1 aliphatic carbocycles. The number of fused-ring (bicyclic) bond motifs is 1. The second-order valence-corrected chi connectivity index (χ2v) is 6.85. The van der Waals surface area contributed by atoms with Gasteiger partial charge in [0.2, 0.25) is 0 Å². The van der Waals surface area contributed by atoms with Crippen LogP contribution in [0.15, 0.2) is 24.3 Å². The van der Waals surface area contributed by atoms with Crippen LogP contribution in [0.3, 0.4) is 0 Å². The monoisotopic (exact) mass is 308 g/mol. The van der Waals surface area contributed by atoms with Crippen molar-refractivity contribution in [3.05, 3.63) is 35.4 Å². The highest BCUT2D eigenvalue weighted by Gasteiger charge is 2.31. The Labute approximate surface area is 130 Å². The van der Waals surface area contributed by atoms with E-state index in [1.54, 1.807) is 0 Å². The minimum Gasteiger partial charge on any atom is -0.390 e. The number of carbonyl (C=O) groups is 1. The predicted molar refractivity (Wildman–Crippen MR) is 87.6 cm³/mol. The first-order valence-corrected chi connectivity index (χ1v) is 8.68. The summed E-state index contributed by atoms with van der Waals surface area (Å²) in [5.74, 6) is 2.15. The van der Waals surface area contributed by atoms with Crippen LogP contribution < -0.4 is 10.6 Å². The molecule has 21 heavy (non-hydrogen) atoms. The van der Waals surface area contributed by atoms with Crippen molar-refractivity contribution in [1.82, 2.24) is 10.6 Å². The predicted octanol–water partition coefficient (Wildman–Crippen LogP) is 2.48. The minimum absolute atomic E-state index is 0.137. The molecule has 0 aromatic heterocycles. The maximum atomic E-state index is 12.1. The van der Waals surface area contributed by atoms with Crippen LogP contribution in [0.2, 0.25) is 0 Å². The summed E-state index contributed by atoms with van der Waals surface area (Å²) in [4.78, 5) is 12.1. The molecule has 0 aliphatic heterocycles. The van der Waals surface area contributed by atoms with Crippen LogP contribution in [0.25, 0.3) is 0 Å². The molecule has 1 aliphatic rings. The molecule has 0 radical (unpaired) electrons. The number of benzene rings is 1. The first-order valence-electron chi connectivity index (χ1n) is 7.52. The summed E-state index contributed by atoms with van der Waals surface area (Å²) in [6.07, 6.45) is 1.01. The van der Waals surface area contributed by atoms with Crippen molar-refractivity contribution in [3.8, 4) is 0 Å². The summed E-state index contributed by atoms with van der Waals surface area (Å²) in [6.45, 7) is 4.14. The van der Waals surface area contributed by atoms with Gasteiger partial charge in [-0.1, -0.05) is 31.2 Å². The molecule has 3 N–H and O–H groups in total. The third-order valence-corrected chi connectivity index (χ3v) is 4.70. The highest BCUT2D eigenvalue weighted by Crippen LogP contribution is 2.31. The van der Waals surface area contributed by atoms with Crippen molar-refractivity contribution >= 4 is 17.8 Å². The largest absolute Gasteiger partial charge is 0.390 e. The van der Waals surface area contributed by atoms with Crippen LogP contribution in [0.4, 0.5) is 4.79 Å². The summed E-state index contributed by atoms with van der Waals surface area (Å²) < 4.78 is 0. The Morgan fingerprint density at radius 2 is 2.24 bits per heavy atom. The van der Waals surface area contributed by atoms with Gasteiger partial charge in [-0.2, -0.15) is 11.8 Å². The van der Waals surface area contributed by atoms with Crippen molar-refractivity contribution in [1.29, 1.82) is 0 Å². The Balaban J connectivity index is 1.85. The van der Waals surface area contributed by atoms with Gasteiger partial charge in [-0.05, 0) is 36.0 Å². The van der Waals surface area contributed by atoms with E-state index in [4.69, 9.17) is 0 Å². The molecule has 0 saturated carbocycles. The Morgan fingerprint density at radius 3 is 3.00 bits per heavy atom. The molecule has 4 nitrogen and oxygen atoms in total. The average molecular weight is 308 g/mol. The number of nitrogens with one attached hydrogen (secondary N) is 2. The molecule has 116 valence electrons. The van der Waals surface area contributed by atoms with E-state index in [2.05, 4.69) is 17.6 Å². The molecule has 0 spiro atoms. The van der Waals surface area contributed by atoms with E-state index in [1.807, 2.05) is 43.0 Å². The van der Waals surface area contributed by atoms with E-state index in [0.29, 0.717) is 6.42 Å². The van der Waals surface area contributed by atoms with Gasteiger partial charge in [-0.15, -0.1) is 0 Å². The first-order chi connectivity index (χ1) is 10.1. The molecule has 2 amide bonds. The summed E-state index contributed by atoms with van der Waals surface area (Å²) >= 11 is 1.88. The molecule has 1 aromatic rings. The van der Waals surface area contributed by atoms with Crippen molar-refractivity contribution in [2.45, 2.75) is 44.9 Å². The number of carbonyl (C=O) groups excluding carboxylic acids is 1. The molecule has 0 bridgehead atoms. The average Bonchev–Trinajstić information content (AvgIpc) is 2.75. The molecule has 1 aromatic carbocycles. The quantitative estimate of drug-likeness (QED) is 0.708. The van der Waals surface area contributed by atoms with Crippen molar-refractivity contribution in [2.75, 3.05) is 11.5 Å². The fourth-order valence-corrected chi connectivity index (χ4v) is 3.44. The van der Waals surface area contributed by atoms with E-state index in [1.165, 1.54) is 0 Å². The summed E-state index contributed by atoms with van der Waals surface area (Å²) in [5.41, 5.74) is 2.14. The second kappa shape index (κ2) is 7.71. The van der Waals surface area contributed by atoms with Gasteiger partial charge >= 0.3 is 6.03 Å². The third kappa shape index (κ3) is 4.38. The molecule has 3 unspecified atom stereocenters. The number of hydrogen-bond donors (Lipinski definition) is 3. The lowest BCUT2D eigenvalue weighted by atomic mass is 10.1. The molecule has 0 fully saturated rings. The van der Waals surface area contributed by atoms with Crippen LogP contribution in [0, 0.1) is 0 Å². The molecule has 0 saturated heterocycles. The molecular formula is C16H24N2O2S. The van der Waals surface area contributed by atoms with Crippen LogP contribution >= 0.6 is 11.8 Å². The Kier molecular flexibility index (Phi) is 5.94. The van der Waals surface area contributed by atoms with Crippen molar-refractivity contribution < 1.29 is 9.90 Å². The van der Waals surface area contributed by atoms with E-state index in [-0.39, 0.29) is 18.1 Å². The first kappa shape index (κ1) is 16.2. The van der Waals surface area contributed by atoms with Gasteiger partial charge in [0.1, 0.15) is 0 Å². The minimum atomic E-state index is -0.542.